The number of rotatable bonds is 5. The molecule has 2 heterocycles. The van der Waals surface area contributed by atoms with E-state index in [2.05, 4.69) is 42.1 Å². The molecule has 1 spiro atoms. The fourth-order valence-electron chi connectivity index (χ4n) is 4.96. The van der Waals surface area contributed by atoms with E-state index in [9.17, 15) is 4.79 Å². The van der Waals surface area contributed by atoms with Crippen molar-refractivity contribution in [1.29, 1.82) is 0 Å². The number of ether oxygens (including phenoxy) is 2. The number of likely N-dealkylation sites (tertiary alicyclic amines) is 1. The molecule has 0 aromatic heterocycles. The molecule has 2 saturated heterocycles. The third-order valence-electron chi connectivity index (χ3n) is 6.70. The molecule has 2 aliphatic heterocycles. The van der Waals surface area contributed by atoms with E-state index in [4.69, 9.17) is 9.47 Å². The zero-order valence-corrected chi connectivity index (χ0v) is 20.0. The maximum absolute atomic E-state index is 12.7. The molecule has 160 valence electrons. The fourth-order valence-corrected chi connectivity index (χ4v) is 5.63. The Morgan fingerprint density at radius 2 is 1.69 bits per heavy atom. The van der Waals surface area contributed by atoms with Gasteiger partial charge in [-0.3, -0.25) is 9.69 Å². The predicted molar refractivity (Wildman–Crippen MR) is 120 cm³/mol. The second kappa shape index (κ2) is 9.35. The van der Waals surface area contributed by atoms with Crippen LogP contribution in [-0.2, 0) is 20.7 Å². The third kappa shape index (κ3) is 5.06. The number of hydrogen-bond acceptors (Lipinski definition) is 4. The van der Waals surface area contributed by atoms with Gasteiger partial charge in [-0.15, -0.1) is 0 Å². The Balaban J connectivity index is 1.38. The SMILES string of the molecule is O=C(Cc1ccc(Br)c(Br)c1)NCC1(N2CCCC2)CCC2(CC1)OCCCO2. The van der Waals surface area contributed by atoms with Crippen molar-refractivity contribution < 1.29 is 14.3 Å². The van der Waals surface area contributed by atoms with Gasteiger partial charge < -0.3 is 14.8 Å². The van der Waals surface area contributed by atoms with Gasteiger partial charge in [-0.05, 0) is 94.7 Å². The minimum Gasteiger partial charge on any atom is -0.354 e. The van der Waals surface area contributed by atoms with Crippen molar-refractivity contribution in [3.8, 4) is 0 Å². The first-order chi connectivity index (χ1) is 14.0. The van der Waals surface area contributed by atoms with Crippen LogP contribution in [0.3, 0.4) is 0 Å². The van der Waals surface area contributed by atoms with Crippen molar-refractivity contribution >= 4 is 37.8 Å². The molecule has 1 saturated carbocycles. The Kier molecular flexibility index (Phi) is 7.01. The topological polar surface area (TPSA) is 50.8 Å². The Bertz CT molecular complexity index is 721. The van der Waals surface area contributed by atoms with Crippen LogP contribution >= 0.6 is 31.9 Å². The molecule has 1 amide bonds. The van der Waals surface area contributed by atoms with Gasteiger partial charge in [-0.2, -0.15) is 0 Å². The standard InChI is InChI=1S/C22H30Br2N2O3/c23-18-5-4-17(14-19(18)24)15-20(27)25-16-21(26-10-1-2-11-26)6-8-22(9-7-21)28-12-3-13-29-22/h4-5,14H,1-3,6-13,15-16H2,(H,25,27). The fraction of sp³-hybridized carbons (Fsp3) is 0.682. The molecule has 0 atom stereocenters. The summed E-state index contributed by atoms with van der Waals surface area (Å²) in [4.78, 5) is 15.3. The van der Waals surface area contributed by atoms with Gasteiger partial charge in [0.05, 0.1) is 19.6 Å². The highest BCUT2D eigenvalue weighted by Gasteiger charge is 2.48. The molecule has 7 heteroatoms. The van der Waals surface area contributed by atoms with Crippen LogP contribution in [0.5, 0.6) is 0 Å². The Labute approximate surface area is 190 Å². The highest BCUT2D eigenvalue weighted by Crippen LogP contribution is 2.43. The molecule has 0 bridgehead atoms. The number of carbonyl (C=O) groups is 1. The van der Waals surface area contributed by atoms with Crippen LogP contribution in [0, 0.1) is 0 Å². The lowest BCUT2D eigenvalue weighted by atomic mass is 9.77. The molecule has 1 N–H and O–H groups in total. The molecule has 1 aromatic rings. The van der Waals surface area contributed by atoms with Crippen LogP contribution in [0.15, 0.2) is 27.1 Å². The van der Waals surface area contributed by atoms with Gasteiger partial charge in [0, 0.05) is 33.9 Å². The molecule has 1 aromatic carbocycles. The minimum absolute atomic E-state index is 0.0296. The van der Waals surface area contributed by atoms with E-state index in [1.54, 1.807) is 0 Å². The van der Waals surface area contributed by atoms with E-state index >= 15 is 0 Å². The first-order valence-electron chi connectivity index (χ1n) is 10.7. The molecule has 5 nitrogen and oxygen atoms in total. The summed E-state index contributed by atoms with van der Waals surface area (Å²) < 4.78 is 14.1. The smallest absolute Gasteiger partial charge is 0.224 e. The Hall–Kier alpha value is -0.470. The zero-order valence-electron chi connectivity index (χ0n) is 16.9. The summed E-state index contributed by atoms with van der Waals surface area (Å²) in [6, 6.07) is 5.97. The van der Waals surface area contributed by atoms with Crippen LogP contribution in [0.1, 0.15) is 50.5 Å². The van der Waals surface area contributed by atoms with Crippen LogP contribution in [-0.4, -0.2) is 55.0 Å². The number of nitrogens with one attached hydrogen (secondary N) is 1. The number of benzene rings is 1. The number of carbonyl (C=O) groups excluding carboxylic acids is 1. The van der Waals surface area contributed by atoms with Crippen molar-refractivity contribution in [1.82, 2.24) is 10.2 Å². The van der Waals surface area contributed by atoms with Crippen molar-refractivity contribution in [3.05, 3.63) is 32.7 Å². The van der Waals surface area contributed by atoms with Crippen LogP contribution < -0.4 is 5.32 Å². The van der Waals surface area contributed by atoms with Crippen LogP contribution in [0.2, 0.25) is 0 Å². The maximum Gasteiger partial charge on any atom is 0.224 e. The molecule has 29 heavy (non-hydrogen) atoms. The molecule has 4 rings (SSSR count). The quantitative estimate of drug-likeness (QED) is 0.613. The number of nitrogens with zero attached hydrogens (tertiary/aromatic N) is 1. The van der Waals surface area contributed by atoms with Gasteiger partial charge in [0.2, 0.25) is 5.91 Å². The van der Waals surface area contributed by atoms with Crippen molar-refractivity contribution in [2.45, 2.75) is 62.7 Å². The second-order valence-electron chi connectivity index (χ2n) is 8.58. The second-order valence-corrected chi connectivity index (χ2v) is 10.3. The summed E-state index contributed by atoms with van der Waals surface area (Å²) in [5.41, 5.74) is 1.04. The highest BCUT2D eigenvalue weighted by atomic mass is 79.9. The lowest BCUT2D eigenvalue weighted by molar-refractivity contribution is -0.287. The number of amides is 1. The van der Waals surface area contributed by atoms with Crippen molar-refractivity contribution in [2.24, 2.45) is 0 Å². The average molecular weight is 530 g/mol. The molecule has 0 radical (unpaired) electrons. The van der Waals surface area contributed by atoms with E-state index < -0.39 is 0 Å². The number of hydrogen-bond donors (Lipinski definition) is 1. The summed E-state index contributed by atoms with van der Waals surface area (Å²) >= 11 is 7.00. The van der Waals surface area contributed by atoms with Gasteiger partial charge in [0.15, 0.2) is 5.79 Å². The molecule has 1 aliphatic carbocycles. The molecular formula is C22H30Br2N2O3. The van der Waals surface area contributed by atoms with E-state index in [1.807, 2.05) is 18.2 Å². The lowest BCUT2D eigenvalue weighted by Crippen LogP contribution is -2.60. The summed E-state index contributed by atoms with van der Waals surface area (Å²) in [5, 5.41) is 3.25. The van der Waals surface area contributed by atoms with E-state index in [1.165, 1.54) is 12.8 Å². The maximum atomic E-state index is 12.7. The number of halogens is 2. The molecule has 3 aliphatic rings. The first-order valence-corrected chi connectivity index (χ1v) is 12.3. The zero-order chi connectivity index (χ0) is 20.3. The van der Waals surface area contributed by atoms with E-state index in [-0.39, 0.29) is 17.2 Å². The average Bonchev–Trinajstić information content (AvgIpc) is 3.27. The summed E-state index contributed by atoms with van der Waals surface area (Å²) in [6.45, 7) is 4.57. The van der Waals surface area contributed by atoms with Crippen LogP contribution in [0.4, 0.5) is 0 Å². The Morgan fingerprint density at radius 3 is 2.34 bits per heavy atom. The van der Waals surface area contributed by atoms with Crippen molar-refractivity contribution in [2.75, 3.05) is 32.8 Å². The monoisotopic (exact) mass is 528 g/mol. The van der Waals surface area contributed by atoms with Crippen LogP contribution in [0.25, 0.3) is 0 Å². The van der Waals surface area contributed by atoms with Gasteiger partial charge in [0.25, 0.3) is 0 Å². The summed E-state index contributed by atoms with van der Waals surface area (Å²) in [7, 11) is 0. The summed E-state index contributed by atoms with van der Waals surface area (Å²) in [6.07, 6.45) is 7.74. The van der Waals surface area contributed by atoms with E-state index in [0.717, 1.165) is 72.9 Å². The highest BCUT2D eigenvalue weighted by molar-refractivity contribution is 9.13. The third-order valence-corrected chi connectivity index (χ3v) is 8.58. The minimum atomic E-state index is -0.380. The van der Waals surface area contributed by atoms with Gasteiger partial charge in [0.1, 0.15) is 0 Å². The first kappa shape index (κ1) is 21.8. The van der Waals surface area contributed by atoms with Gasteiger partial charge in [-0.25, -0.2) is 0 Å². The normalized spacial score (nSPS) is 23.9. The summed E-state index contributed by atoms with van der Waals surface area (Å²) in [5.74, 6) is -0.293. The van der Waals surface area contributed by atoms with E-state index in [0.29, 0.717) is 13.0 Å². The predicted octanol–water partition coefficient (Wildman–Crippen LogP) is 4.41. The largest absolute Gasteiger partial charge is 0.354 e. The molecule has 3 fully saturated rings. The van der Waals surface area contributed by atoms with Gasteiger partial charge in [-0.1, -0.05) is 6.07 Å². The lowest BCUT2D eigenvalue weighted by Gasteiger charge is -2.51. The van der Waals surface area contributed by atoms with Gasteiger partial charge >= 0.3 is 0 Å². The molecule has 0 unspecified atom stereocenters. The van der Waals surface area contributed by atoms with Crippen molar-refractivity contribution in [3.63, 3.8) is 0 Å². The molecular weight excluding hydrogens is 500 g/mol. The Morgan fingerprint density at radius 1 is 1.00 bits per heavy atom.